The molecule has 0 aliphatic carbocycles. The first-order valence-corrected chi connectivity index (χ1v) is 9.05. The van der Waals surface area contributed by atoms with Crippen molar-refractivity contribution in [2.24, 2.45) is 5.73 Å². The number of rotatable bonds is 6. The summed E-state index contributed by atoms with van der Waals surface area (Å²) in [5.41, 5.74) is 12.2. The van der Waals surface area contributed by atoms with Crippen molar-refractivity contribution in [3.63, 3.8) is 0 Å². The van der Waals surface area contributed by atoms with E-state index in [0.717, 1.165) is 41.1 Å². The Morgan fingerprint density at radius 3 is 2.46 bits per heavy atom. The molecular weight excluding hydrogens is 352 g/mol. The molecule has 1 aliphatic heterocycles. The van der Waals surface area contributed by atoms with Crippen molar-refractivity contribution in [3.8, 4) is 0 Å². The Hall–Kier alpha value is -3.28. The Bertz CT molecular complexity index is 793. The number of nitrogens with two attached hydrogens (primary N) is 1. The number of hydrogen-bond donors (Lipinski definition) is 3. The van der Waals surface area contributed by atoms with Crippen LogP contribution in [0.5, 0.6) is 0 Å². The van der Waals surface area contributed by atoms with Crippen molar-refractivity contribution in [1.29, 1.82) is 0 Å². The third-order valence-corrected chi connectivity index (χ3v) is 4.36. The Morgan fingerprint density at radius 1 is 1.25 bits per heavy atom. The first-order chi connectivity index (χ1) is 13.4. The van der Waals surface area contributed by atoms with Gasteiger partial charge in [0.25, 0.3) is 0 Å². The zero-order valence-electron chi connectivity index (χ0n) is 16.9. The average molecular weight is 383 g/mol. The van der Waals surface area contributed by atoms with Gasteiger partial charge in [-0.2, -0.15) is 0 Å². The molecule has 0 saturated carbocycles. The zero-order valence-corrected chi connectivity index (χ0v) is 16.9. The first-order valence-electron chi connectivity index (χ1n) is 9.05. The van der Waals surface area contributed by atoms with Crippen LogP contribution in [0.2, 0.25) is 0 Å². The second kappa shape index (κ2) is 11.4. The summed E-state index contributed by atoms with van der Waals surface area (Å²) in [6.07, 6.45) is 5.02. The number of nitrogens with zero attached hydrogens (tertiary/aromatic N) is 1. The van der Waals surface area contributed by atoms with E-state index in [1.54, 1.807) is 7.05 Å². The standard InChI is InChI=1S/C17H21N3.C5H9NO2/c1-5-13-15(6-2)20(4)11-12-9-7-8-10-14(12)16(18)17(13)19-3;1-6-5(8)3-2-4-7/h5-10,19H,1-2,11,18H2,3-4H3;4H,2-3H2,1H3,(H,6,8)/b15-13-,17-16-;. The van der Waals surface area contributed by atoms with E-state index in [0.29, 0.717) is 12.8 Å². The Kier molecular flexibility index (Phi) is 9.30. The number of allylic oxidation sites excluding steroid dienone is 2. The van der Waals surface area contributed by atoms with Crippen LogP contribution in [0.15, 0.2) is 66.5 Å². The quantitative estimate of drug-likeness (QED) is 0.657. The fourth-order valence-electron chi connectivity index (χ4n) is 2.93. The molecule has 1 aliphatic rings. The molecule has 1 heterocycles. The summed E-state index contributed by atoms with van der Waals surface area (Å²) in [6, 6.07) is 8.19. The van der Waals surface area contributed by atoms with E-state index in [-0.39, 0.29) is 5.91 Å². The van der Waals surface area contributed by atoms with Crippen LogP contribution in [-0.2, 0) is 16.1 Å². The van der Waals surface area contributed by atoms with Crippen molar-refractivity contribution >= 4 is 17.9 Å². The van der Waals surface area contributed by atoms with Gasteiger partial charge in [0.15, 0.2) is 0 Å². The SMILES string of the molecule is C=CC1=C(\C=C)N(C)Cc2ccccc2/C(N)=C\1NC.CNC(=O)CCC=O. The van der Waals surface area contributed by atoms with Crippen LogP contribution in [0, 0.1) is 0 Å². The molecule has 4 N–H and O–H groups in total. The minimum Gasteiger partial charge on any atom is -0.397 e. The lowest BCUT2D eigenvalue weighted by Crippen LogP contribution is -2.25. The molecule has 0 spiro atoms. The van der Waals surface area contributed by atoms with Crippen LogP contribution in [0.25, 0.3) is 5.70 Å². The van der Waals surface area contributed by atoms with Gasteiger partial charge in [0.05, 0.1) is 11.4 Å². The normalized spacial score (nSPS) is 18.5. The molecule has 0 saturated heterocycles. The molecule has 0 aromatic heterocycles. The number of fused-ring (bicyclic) bond motifs is 1. The lowest BCUT2D eigenvalue weighted by molar-refractivity contribution is -0.122. The van der Waals surface area contributed by atoms with Gasteiger partial charge in [-0.1, -0.05) is 43.5 Å². The van der Waals surface area contributed by atoms with Crippen molar-refractivity contribution in [2.75, 3.05) is 21.1 Å². The van der Waals surface area contributed by atoms with Gasteiger partial charge in [0.2, 0.25) is 5.91 Å². The molecule has 0 fully saturated rings. The maximum absolute atomic E-state index is 10.3. The molecule has 1 amide bonds. The van der Waals surface area contributed by atoms with Gasteiger partial charge in [0.1, 0.15) is 6.29 Å². The van der Waals surface area contributed by atoms with Crippen molar-refractivity contribution in [1.82, 2.24) is 15.5 Å². The Labute approximate surface area is 167 Å². The fraction of sp³-hybridized carbons (Fsp3) is 0.273. The first kappa shape index (κ1) is 22.8. The minimum atomic E-state index is -0.0860. The van der Waals surface area contributed by atoms with Gasteiger partial charge < -0.3 is 26.1 Å². The maximum atomic E-state index is 10.3. The fourth-order valence-corrected chi connectivity index (χ4v) is 2.93. The topological polar surface area (TPSA) is 87.5 Å². The predicted octanol–water partition coefficient (Wildman–Crippen LogP) is 2.32. The number of hydrogen-bond acceptors (Lipinski definition) is 5. The maximum Gasteiger partial charge on any atom is 0.220 e. The molecule has 0 atom stereocenters. The van der Waals surface area contributed by atoms with E-state index in [2.05, 4.69) is 40.8 Å². The third kappa shape index (κ3) is 5.61. The number of aldehydes is 1. The highest BCUT2D eigenvalue weighted by atomic mass is 16.1. The van der Waals surface area contributed by atoms with E-state index in [1.807, 2.05) is 38.4 Å². The summed E-state index contributed by atoms with van der Waals surface area (Å²) >= 11 is 0. The van der Waals surface area contributed by atoms with E-state index < -0.39 is 0 Å². The lowest BCUT2D eigenvalue weighted by atomic mass is 9.96. The van der Waals surface area contributed by atoms with E-state index in [1.165, 1.54) is 5.56 Å². The molecule has 1 aromatic carbocycles. The van der Waals surface area contributed by atoms with E-state index in [4.69, 9.17) is 5.73 Å². The van der Waals surface area contributed by atoms with Crippen molar-refractivity contribution < 1.29 is 9.59 Å². The molecule has 0 unspecified atom stereocenters. The molecule has 0 radical (unpaired) electrons. The summed E-state index contributed by atoms with van der Waals surface area (Å²) in [7, 11) is 5.47. The summed E-state index contributed by atoms with van der Waals surface area (Å²) in [5, 5.41) is 5.60. The van der Waals surface area contributed by atoms with Gasteiger partial charge in [0, 0.05) is 57.4 Å². The molecule has 6 nitrogen and oxygen atoms in total. The van der Waals surface area contributed by atoms with Crippen molar-refractivity contribution in [3.05, 3.63) is 77.7 Å². The third-order valence-electron chi connectivity index (χ3n) is 4.36. The van der Waals surface area contributed by atoms with Crippen LogP contribution in [0.4, 0.5) is 0 Å². The second-order valence-corrected chi connectivity index (χ2v) is 6.14. The number of carbonyl (C=O) groups excluding carboxylic acids is 2. The molecular formula is C22H30N4O2. The number of likely N-dealkylation sites (N-methyl/N-ethyl adjacent to an activating group) is 2. The zero-order chi connectivity index (χ0) is 21.1. The predicted molar refractivity (Wildman–Crippen MR) is 115 cm³/mol. The van der Waals surface area contributed by atoms with Crippen molar-refractivity contribution in [2.45, 2.75) is 19.4 Å². The monoisotopic (exact) mass is 382 g/mol. The molecule has 1 aromatic rings. The van der Waals surface area contributed by atoms with Crippen LogP contribution < -0.4 is 16.4 Å². The van der Waals surface area contributed by atoms with Gasteiger partial charge in [-0.25, -0.2) is 0 Å². The largest absolute Gasteiger partial charge is 0.397 e. The van der Waals surface area contributed by atoms with Crippen LogP contribution >= 0.6 is 0 Å². The number of benzene rings is 1. The summed E-state index contributed by atoms with van der Waals surface area (Å²) in [5.74, 6) is -0.0860. The summed E-state index contributed by atoms with van der Waals surface area (Å²) in [6.45, 7) is 8.62. The van der Waals surface area contributed by atoms with Gasteiger partial charge >= 0.3 is 0 Å². The molecule has 2 rings (SSSR count). The van der Waals surface area contributed by atoms with Crippen LogP contribution in [0.1, 0.15) is 24.0 Å². The minimum absolute atomic E-state index is 0.0860. The number of amides is 1. The van der Waals surface area contributed by atoms with Gasteiger partial charge in [-0.3, -0.25) is 4.79 Å². The molecule has 150 valence electrons. The second-order valence-electron chi connectivity index (χ2n) is 6.14. The highest BCUT2D eigenvalue weighted by Crippen LogP contribution is 2.29. The summed E-state index contributed by atoms with van der Waals surface area (Å²) < 4.78 is 0. The van der Waals surface area contributed by atoms with Crippen LogP contribution in [-0.4, -0.2) is 38.2 Å². The van der Waals surface area contributed by atoms with Gasteiger partial charge in [-0.15, -0.1) is 0 Å². The highest BCUT2D eigenvalue weighted by molar-refractivity contribution is 5.77. The number of carbonyl (C=O) groups is 2. The molecule has 6 heteroatoms. The van der Waals surface area contributed by atoms with E-state index >= 15 is 0 Å². The Morgan fingerprint density at radius 2 is 1.93 bits per heavy atom. The molecule has 0 bridgehead atoms. The summed E-state index contributed by atoms with van der Waals surface area (Å²) in [4.78, 5) is 22.1. The van der Waals surface area contributed by atoms with Gasteiger partial charge in [-0.05, 0) is 11.6 Å². The van der Waals surface area contributed by atoms with E-state index in [9.17, 15) is 9.59 Å². The van der Waals surface area contributed by atoms with Crippen LogP contribution in [0.3, 0.4) is 0 Å². The highest BCUT2D eigenvalue weighted by Gasteiger charge is 2.19. The smallest absolute Gasteiger partial charge is 0.220 e. The lowest BCUT2D eigenvalue weighted by Gasteiger charge is -2.28. The molecule has 28 heavy (non-hydrogen) atoms. The Balaban J connectivity index is 0.000000416. The number of nitrogens with one attached hydrogen (secondary N) is 2. The average Bonchev–Trinajstić information content (AvgIpc) is 2.71.